The molecule has 1 fully saturated rings. The van der Waals surface area contributed by atoms with E-state index in [1.807, 2.05) is 0 Å². The molecule has 1 aromatic carbocycles. The first kappa shape index (κ1) is 12.2. The average molecular weight is 247 g/mol. The van der Waals surface area contributed by atoms with Crippen LogP contribution in [0.25, 0.3) is 0 Å². The maximum Gasteiger partial charge on any atom is 0.194 e. The molecule has 0 saturated carbocycles. The van der Waals surface area contributed by atoms with E-state index in [9.17, 15) is 13.2 Å². The molecule has 6 heteroatoms. The van der Waals surface area contributed by atoms with Crippen LogP contribution in [0.2, 0.25) is 0 Å². The second-order valence-corrected chi connectivity index (χ2v) is 4.26. The number of aliphatic hydroxyl groups is 1. The largest absolute Gasteiger partial charge is 0.396 e. The first-order valence-electron chi connectivity index (χ1n) is 5.13. The van der Waals surface area contributed by atoms with Gasteiger partial charge in [0.1, 0.15) is 0 Å². The Hall–Kier alpha value is -1.27. The van der Waals surface area contributed by atoms with Gasteiger partial charge in [0.15, 0.2) is 17.5 Å². The third kappa shape index (κ3) is 2.37. The fraction of sp³-hybridized carbons (Fsp3) is 0.455. The summed E-state index contributed by atoms with van der Waals surface area (Å²) in [5.41, 5.74) is -0.275. The van der Waals surface area contributed by atoms with Gasteiger partial charge in [-0.3, -0.25) is 0 Å². The molecule has 1 heterocycles. The number of aliphatic hydroxyl groups excluding tert-OH is 1. The molecule has 0 atom stereocenters. The highest BCUT2D eigenvalue weighted by Crippen LogP contribution is 2.27. The topological polar surface area (TPSA) is 41.5 Å². The fourth-order valence-electron chi connectivity index (χ4n) is 1.59. The zero-order valence-electron chi connectivity index (χ0n) is 8.97. The van der Waals surface area contributed by atoms with Crippen LogP contribution in [0.1, 0.15) is 0 Å². The SMILES string of the molecule is OCC1(CNc2cc(F)c(F)c(F)c2)COC1. The third-order valence-electron chi connectivity index (χ3n) is 2.80. The normalized spacial score (nSPS) is 17.6. The van der Waals surface area contributed by atoms with Crippen LogP contribution in [-0.4, -0.2) is 31.5 Å². The smallest absolute Gasteiger partial charge is 0.194 e. The number of rotatable bonds is 4. The number of ether oxygens (including phenoxy) is 1. The van der Waals surface area contributed by atoms with Gasteiger partial charge < -0.3 is 15.2 Å². The lowest BCUT2D eigenvalue weighted by atomic mass is 9.87. The molecule has 2 rings (SSSR count). The zero-order chi connectivity index (χ0) is 12.5. The molecule has 17 heavy (non-hydrogen) atoms. The molecule has 0 radical (unpaired) electrons. The second-order valence-electron chi connectivity index (χ2n) is 4.26. The predicted octanol–water partition coefficient (Wildman–Crippen LogP) is 1.52. The highest BCUT2D eigenvalue weighted by atomic mass is 19.2. The maximum atomic E-state index is 12.9. The van der Waals surface area contributed by atoms with Gasteiger partial charge in [-0.25, -0.2) is 13.2 Å². The minimum absolute atomic E-state index is 0.0772. The van der Waals surface area contributed by atoms with Crippen molar-refractivity contribution < 1.29 is 23.0 Å². The van der Waals surface area contributed by atoms with Crippen molar-refractivity contribution in [1.29, 1.82) is 0 Å². The summed E-state index contributed by atoms with van der Waals surface area (Å²) >= 11 is 0. The first-order chi connectivity index (χ1) is 8.06. The monoisotopic (exact) mass is 247 g/mol. The van der Waals surface area contributed by atoms with Crippen LogP contribution >= 0.6 is 0 Å². The Morgan fingerprint density at radius 2 is 1.82 bits per heavy atom. The van der Waals surface area contributed by atoms with E-state index in [1.54, 1.807) is 0 Å². The van der Waals surface area contributed by atoms with Gasteiger partial charge in [-0.15, -0.1) is 0 Å². The van der Waals surface area contributed by atoms with Gasteiger partial charge in [-0.1, -0.05) is 0 Å². The minimum atomic E-state index is -1.49. The lowest BCUT2D eigenvalue weighted by Crippen LogP contribution is -2.50. The molecule has 1 saturated heterocycles. The van der Waals surface area contributed by atoms with Gasteiger partial charge in [0, 0.05) is 24.4 Å². The number of halogens is 3. The van der Waals surface area contributed by atoms with Crippen molar-refractivity contribution >= 4 is 5.69 Å². The molecule has 1 aliphatic heterocycles. The molecule has 1 aliphatic rings. The molecule has 3 nitrogen and oxygen atoms in total. The van der Waals surface area contributed by atoms with Gasteiger partial charge in [0.25, 0.3) is 0 Å². The van der Waals surface area contributed by atoms with Crippen molar-refractivity contribution in [1.82, 2.24) is 0 Å². The van der Waals surface area contributed by atoms with Gasteiger partial charge >= 0.3 is 0 Å². The summed E-state index contributed by atoms with van der Waals surface area (Å²) in [6.07, 6.45) is 0. The number of nitrogens with one attached hydrogen (secondary N) is 1. The van der Waals surface area contributed by atoms with Crippen LogP contribution in [0.15, 0.2) is 12.1 Å². The highest BCUT2D eigenvalue weighted by molar-refractivity contribution is 5.44. The van der Waals surface area contributed by atoms with Crippen LogP contribution in [-0.2, 0) is 4.74 Å². The van der Waals surface area contributed by atoms with Crippen molar-refractivity contribution in [2.75, 3.05) is 31.7 Å². The van der Waals surface area contributed by atoms with E-state index in [-0.39, 0.29) is 12.3 Å². The van der Waals surface area contributed by atoms with E-state index in [2.05, 4.69) is 5.32 Å². The Morgan fingerprint density at radius 3 is 2.24 bits per heavy atom. The van der Waals surface area contributed by atoms with E-state index in [4.69, 9.17) is 9.84 Å². The fourth-order valence-corrected chi connectivity index (χ4v) is 1.59. The average Bonchev–Trinajstić information content (AvgIpc) is 2.25. The molecule has 0 amide bonds. The second kappa shape index (κ2) is 4.54. The summed E-state index contributed by atoms with van der Waals surface area (Å²) in [4.78, 5) is 0. The van der Waals surface area contributed by atoms with E-state index in [0.29, 0.717) is 19.8 Å². The minimum Gasteiger partial charge on any atom is -0.396 e. The van der Waals surface area contributed by atoms with Crippen molar-refractivity contribution in [3.8, 4) is 0 Å². The first-order valence-corrected chi connectivity index (χ1v) is 5.13. The molecule has 0 unspecified atom stereocenters. The number of anilines is 1. The molecule has 2 N–H and O–H groups in total. The molecule has 1 aromatic rings. The lowest BCUT2D eigenvalue weighted by molar-refractivity contribution is -0.128. The molecule has 0 spiro atoms. The quantitative estimate of drug-likeness (QED) is 0.793. The van der Waals surface area contributed by atoms with Gasteiger partial charge in [-0.05, 0) is 0 Å². The summed E-state index contributed by atoms with van der Waals surface area (Å²) in [5.74, 6) is -3.97. The van der Waals surface area contributed by atoms with Crippen molar-refractivity contribution in [2.45, 2.75) is 0 Å². The Kier molecular flexibility index (Phi) is 3.26. The molecule has 0 aromatic heterocycles. The summed E-state index contributed by atoms with van der Waals surface area (Å²) in [5, 5.41) is 11.9. The number of hydrogen-bond acceptors (Lipinski definition) is 3. The lowest BCUT2D eigenvalue weighted by Gasteiger charge is -2.40. The summed E-state index contributed by atoms with van der Waals surface area (Å²) in [6, 6.07) is 1.76. The Bertz CT molecular complexity index is 393. The van der Waals surface area contributed by atoms with Crippen LogP contribution in [0.3, 0.4) is 0 Å². The number of hydrogen-bond donors (Lipinski definition) is 2. The molecule has 0 aliphatic carbocycles. The standard InChI is InChI=1S/C11H12F3NO2/c12-8-1-7(2-9(13)10(8)14)15-3-11(4-16)5-17-6-11/h1-2,15-16H,3-6H2. The van der Waals surface area contributed by atoms with Crippen LogP contribution in [0.4, 0.5) is 18.9 Å². The molecular weight excluding hydrogens is 235 g/mol. The van der Waals surface area contributed by atoms with Gasteiger partial charge in [-0.2, -0.15) is 0 Å². The third-order valence-corrected chi connectivity index (χ3v) is 2.80. The Morgan fingerprint density at radius 1 is 1.24 bits per heavy atom. The highest BCUT2D eigenvalue weighted by Gasteiger charge is 2.37. The van der Waals surface area contributed by atoms with Crippen LogP contribution in [0.5, 0.6) is 0 Å². The van der Waals surface area contributed by atoms with E-state index >= 15 is 0 Å². The van der Waals surface area contributed by atoms with Crippen molar-refractivity contribution in [3.05, 3.63) is 29.6 Å². The molecule has 94 valence electrons. The zero-order valence-corrected chi connectivity index (χ0v) is 8.97. The Balaban J connectivity index is 2.04. The summed E-state index contributed by atoms with van der Waals surface area (Å²) in [6.45, 7) is 1.02. The van der Waals surface area contributed by atoms with Crippen LogP contribution < -0.4 is 5.32 Å². The van der Waals surface area contributed by atoms with Crippen molar-refractivity contribution in [3.63, 3.8) is 0 Å². The van der Waals surface area contributed by atoms with Crippen molar-refractivity contribution in [2.24, 2.45) is 5.41 Å². The van der Waals surface area contributed by atoms with Crippen LogP contribution in [0, 0.1) is 22.9 Å². The van der Waals surface area contributed by atoms with E-state index in [0.717, 1.165) is 12.1 Å². The summed E-state index contributed by atoms with van der Waals surface area (Å²) in [7, 11) is 0. The number of benzene rings is 1. The maximum absolute atomic E-state index is 12.9. The predicted molar refractivity (Wildman–Crippen MR) is 55.1 cm³/mol. The Labute approximate surface area is 96.2 Å². The van der Waals surface area contributed by atoms with Gasteiger partial charge in [0.2, 0.25) is 0 Å². The van der Waals surface area contributed by atoms with Gasteiger partial charge in [0.05, 0.1) is 25.2 Å². The van der Waals surface area contributed by atoms with E-state index < -0.39 is 22.9 Å². The molecule has 0 bridgehead atoms. The molecular formula is C11H12F3NO2. The van der Waals surface area contributed by atoms with E-state index in [1.165, 1.54) is 0 Å². The summed E-state index contributed by atoms with van der Waals surface area (Å²) < 4.78 is 43.5.